The zero-order chi connectivity index (χ0) is 10.3. The standard InChI is InChI=1S/C11H9ClN2S/c12-9-4-2-1-3-8(9)10-7-15-11-13-5-6-14(10)11/h1-4,7H,5-6H2. The number of halogens is 1. The second kappa shape index (κ2) is 3.58. The smallest absolute Gasteiger partial charge is 0.168 e. The van der Waals surface area contributed by atoms with E-state index in [1.54, 1.807) is 11.8 Å². The Kier molecular flexibility index (Phi) is 2.22. The first-order valence-electron chi connectivity index (χ1n) is 4.80. The van der Waals surface area contributed by atoms with Crippen LogP contribution in [0.25, 0.3) is 5.70 Å². The van der Waals surface area contributed by atoms with Crippen molar-refractivity contribution in [1.29, 1.82) is 0 Å². The highest BCUT2D eigenvalue weighted by Crippen LogP contribution is 2.37. The number of fused-ring (bicyclic) bond motifs is 1. The highest BCUT2D eigenvalue weighted by atomic mass is 35.5. The van der Waals surface area contributed by atoms with Gasteiger partial charge >= 0.3 is 0 Å². The molecule has 0 amide bonds. The SMILES string of the molecule is Clc1ccccc1C1=CSC2=NCCN12. The summed E-state index contributed by atoms with van der Waals surface area (Å²) in [5, 5.41) is 4.03. The van der Waals surface area contributed by atoms with Crippen molar-refractivity contribution in [2.45, 2.75) is 0 Å². The third-order valence-electron chi connectivity index (χ3n) is 2.52. The van der Waals surface area contributed by atoms with E-state index >= 15 is 0 Å². The Balaban J connectivity index is 2.02. The Morgan fingerprint density at radius 2 is 2.20 bits per heavy atom. The van der Waals surface area contributed by atoms with E-state index < -0.39 is 0 Å². The summed E-state index contributed by atoms with van der Waals surface area (Å²) in [6, 6.07) is 7.94. The molecule has 0 saturated carbocycles. The van der Waals surface area contributed by atoms with Crippen molar-refractivity contribution in [3.8, 4) is 0 Å². The Morgan fingerprint density at radius 3 is 3.07 bits per heavy atom. The lowest BCUT2D eigenvalue weighted by Gasteiger charge is -2.17. The fourth-order valence-corrected chi connectivity index (χ4v) is 2.99. The summed E-state index contributed by atoms with van der Waals surface area (Å²) in [4.78, 5) is 6.64. The van der Waals surface area contributed by atoms with Gasteiger partial charge < -0.3 is 4.90 Å². The number of benzene rings is 1. The van der Waals surface area contributed by atoms with E-state index in [1.807, 2.05) is 18.2 Å². The highest BCUT2D eigenvalue weighted by molar-refractivity contribution is 8.16. The molecule has 3 rings (SSSR count). The molecule has 1 aromatic rings. The van der Waals surface area contributed by atoms with E-state index in [1.165, 1.54) is 5.70 Å². The van der Waals surface area contributed by atoms with Gasteiger partial charge in [0, 0.05) is 22.5 Å². The van der Waals surface area contributed by atoms with E-state index in [0.29, 0.717) is 0 Å². The molecular weight excluding hydrogens is 228 g/mol. The van der Waals surface area contributed by atoms with E-state index in [2.05, 4.69) is 21.4 Å². The Hall–Kier alpha value is -0.930. The van der Waals surface area contributed by atoms with Gasteiger partial charge in [0.15, 0.2) is 5.17 Å². The van der Waals surface area contributed by atoms with Crippen LogP contribution >= 0.6 is 23.4 Å². The summed E-state index contributed by atoms with van der Waals surface area (Å²) < 4.78 is 0. The predicted molar refractivity (Wildman–Crippen MR) is 66.0 cm³/mol. The fraction of sp³-hybridized carbons (Fsp3) is 0.182. The van der Waals surface area contributed by atoms with Crippen LogP contribution in [-0.4, -0.2) is 23.2 Å². The van der Waals surface area contributed by atoms with Crippen molar-refractivity contribution in [3.05, 3.63) is 40.3 Å². The maximum Gasteiger partial charge on any atom is 0.168 e. The third-order valence-corrected chi connectivity index (χ3v) is 3.75. The number of hydrogen-bond donors (Lipinski definition) is 0. The van der Waals surface area contributed by atoms with Crippen LogP contribution in [0.2, 0.25) is 5.02 Å². The first-order chi connectivity index (χ1) is 7.36. The number of amidine groups is 1. The van der Waals surface area contributed by atoms with Crippen molar-refractivity contribution >= 4 is 34.2 Å². The summed E-state index contributed by atoms with van der Waals surface area (Å²) in [5.74, 6) is 0. The maximum absolute atomic E-state index is 6.18. The minimum Gasteiger partial charge on any atom is -0.318 e. The average Bonchev–Trinajstić information content (AvgIpc) is 2.80. The van der Waals surface area contributed by atoms with Crippen LogP contribution in [-0.2, 0) is 0 Å². The van der Waals surface area contributed by atoms with Gasteiger partial charge in [-0.2, -0.15) is 0 Å². The zero-order valence-corrected chi connectivity index (χ0v) is 9.55. The lowest BCUT2D eigenvalue weighted by atomic mass is 10.1. The largest absolute Gasteiger partial charge is 0.318 e. The molecule has 0 N–H and O–H groups in total. The topological polar surface area (TPSA) is 15.6 Å². The average molecular weight is 237 g/mol. The van der Waals surface area contributed by atoms with Gasteiger partial charge in [-0.15, -0.1) is 0 Å². The van der Waals surface area contributed by atoms with Gasteiger partial charge in [0.05, 0.1) is 12.2 Å². The molecule has 0 aromatic heterocycles. The molecule has 76 valence electrons. The highest BCUT2D eigenvalue weighted by Gasteiger charge is 2.27. The molecule has 2 nitrogen and oxygen atoms in total. The van der Waals surface area contributed by atoms with Crippen molar-refractivity contribution in [1.82, 2.24) is 4.90 Å². The molecule has 2 aliphatic rings. The Labute approximate surface area is 97.6 Å². The molecule has 0 aliphatic carbocycles. The molecule has 0 fully saturated rings. The second-order valence-electron chi connectivity index (χ2n) is 3.42. The normalized spacial score (nSPS) is 18.9. The van der Waals surface area contributed by atoms with Gasteiger partial charge in [-0.1, -0.05) is 41.6 Å². The molecule has 2 heterocycles. The number of thioether (sulfide) groups is 1. The van der Waals surface area contributed by atoms with Gasteiger partial charge in [0.1, 0.15) is 0 Å². The molecule has 15 heavy (non-hydrogen) atoms. The van der Waals surface area contributed by atoms with Crippen molar-refractivity contribution in [2.24, 2.45) is 4.99 Å². The molecular formula is C11H9ClN2S. The number of aliphatic imine (C=N–C) groups is 1. The maximum atomic E-state index is 6.18. The monoisotopic (exact) mass is 236 g/mol. The fourth-order valence-electron chi connectivity index (χ4n) is 1.80. The van der Waals surface area contributed by atoms with Gasteiger partial charge in [0.2, 0.25) is 0 Å². The van der Waals surface area contributed by atoms with Crippen LogP contribution < -0.4 is 0 Å². The molecule has 0 bridgehead atoms. The minimum absolute atomic E-state index is 0.803. The van der Waals surface area contributed by atoms with Gasteiger partial charge in [-0.05, 0) is 6.07 Å². The van der Waals surface area contributed by atoms with E-state index in [-0.39, 0.29) is 0 Å². The summed E-state index contributed by atoms with van der Waals surface area (Å²) >= 11 is 7.86. The van der Waals surface area contributed by atoms with Crippen LogP contribution in [0.1, 0.15) is 5.56 Å². The molecule has 0 radical (unpaired) electrons. The first kappa shape index (κ1) is 9.31. The molecule has 0 atom stereocenters. The van der Waals surface area contributed by atoms with Crippen LogP contribution in [0.4, 0.5) is 0 Å². The van der Waals surface area contributed by atoms with Crippen LogP contribution in [0.15, 0.2) is 34.7 Å². The molecule has 4 heteroatoms. The lowest BCUT2D eigenvalue weighted by molar-refractivity contribution is 0.650. The van der Waals surface area contributed by atoms with Gasteiger partial charge in [0.25, 0.3) is 0 Å². The van der Waals surface area contributed by atoms with Crippen LogP contribution in [0, 0.1) is 0 Å². The number of nitrogens with zero attached hydrogens (tertiary/aromatic N) is 2. The lowest BCUT2D eigenvalue weighted by Crippen LogP contribution is -2.19. The quantitative estimate of drug-likeness (QED) is 0.745. The van der Waals surface area contributed by atoms with Crippen molar-refractivity contribution in [3.63, 3.8) is 0 Å². The predicted octanol–water partition coefficient (Wildman–Crippen LogP) is 3.06. The summed E-state index contributed by atoms with van der Waals surface area (Å²) in [6.45, 7) is 1.86. The molecule has 0 unspecified atom stereocenters. The number of rotatable bonds is 1. The summed E-state index contributed by atoms with van der Waals surface area (Å²) in [6.07, 6.45) is 0. The second-order valence-corrected chi connectivity index (χ2v) is 4.66. The van der Waals surface area contributed by atoms with Crippen LogP contribution in [0.5, 0.6) is 0 Å². The van der Waals surface area contributed by atoms with E-state index in [4.69, 9.17) is 11.6 Å². The van der Waals surface area contributed by atoms with Gasteiger partial charge in [-0.25, -0.2) is 0 Å². The van der Waals surface area contributed by atoms with E-state index in [9.17, 15) is 0 Å². The summed E-state index contributed by atoms with van der Waals surface area (Å²) in [7, 11) is 0. The van der Waals surface area contributed by atoms with Crippen molar-refractivity contribution < 1.29 is 0 Å². The third kappa shape index (κ3) is 1.46. The zero-order valence-electron chi connectivity index (χ0n) is 7.98. The van der Waals surface area contributed by atoms with E-state index in [0.717, 1.165) is 28.8 Å². The minimum atomic E-state index is 0.803. The molecule has 0 saturated heterocycles. The summed E-state index contributed by atoms with van der Waals surface area (Å²) in [5.41, 5.74) is 2.28. The van der Waals surface area contributed by atoms with Crippen molar-refractivity contribution in [2.75, 3.05) is 13.1 Å². The Bertz CT molecular complexity index is 467. The van der Waals surface area contributed by atoms with Gasteiger partial charge in [-0.3, -0.25) is 4.99 Å². The Morgan fingerprint density at radius 1 is 1.33 bits per heavy atom. The molecule has 0 spiro atoms. The molecule has 2 aliphatic heterocycles. The first-order valence-corrected chi connectivity index (χ1v) is 6.06. The molecule has 1 aromatic carbocycles. The van der Waals surface area contributed by atoms with Crippen LogP contribution in [0.3, 0.4) is 0 Å². The number of hydrogen-bond acceptors (Lipinski definition) is 3.